The Morgan fingerprint density at radius 1 is 1.15 bits per heavy atom. The maximum absolute atomic E-state index is 13.1. The second-order valence-electron chi connectivity index (χ2n) is 5.80. The molecule has 0 saturated heterocycles. The van der Waals surface area contributed by atoms with Crippen LogP contribution in [0, 0.1) is 15.9 Å². The van der Waals surface area contributed by atoms with Crippen molar-refractivity contribution in [3.63, 3.8) is 0 Å². The van der Waals surface area contributed by atoms with Crippen molar-refractivity contribution >= 4 is 29.1 Å². The zero-order valence-corrected chi connectivity index (χ0v) is 14.1. The van der Waals surface area contributed by atoms with Gasteiger partial charge in [-0.1, -0.05) is 25.5 Å². The van der Waals surface area contributed by atoms with Crippen molar-refractivity contribution in [1.29, 1.82) is 0 Å². The number of non-ortho nitro benzene ring substituents is 1. The molecule has 0 spiro atoms. The molecular weight excluding hydrogens is 337 g/mol. The summed E-state index contributed by atoms with van der Waals surface area (Å²) in [5.74, 6) is -0.661. The van der Waals surface area contributed by atoms with E-state index < -0.39 is 4.92 Å². The molecule has 0 fully saturated rings. The summed E-state index contributed by atoms with van der Waals surface area (Å²) in [4.78, 5) is 23.1. The molecule has 1 aliphatic heterocycles. The third kappa shape index (κ3) is 3.51. The summed E-state index contributed by atoms with van der Waals surface area (Å²) < 4.78 is 13.1. The number of hydrogen-bond donors (Lipinski definition) is 0. The van der Waals surface area contributed by atoms with Gasteiger partial charge in [-0.05, 0) is 42.3 Å². The van der Waals surface area contributed by atoms with Crippen LogP contribution in [-0.4, -0.2) is 16.5 Å². The molecule has 1 heterocycles. The fourth-order valence-corrected chi connectivity index (χ4v) is 2.64. The average molecular weight is 353 g/mol. The van der Waals surface area contributed by atoms with Gasteiger partial charge in [0.05, 0.1) is 21.9 Å². The highest BCUT2D eigenvalue weighted by molar-refractivity contribution is 6.32. The van der Waals surface area contributed by atoms with E-state index in [2.05, 4.69) is 5.10 Å². The molecule has 6 nitrogen and oxygen atoms in total. The lowest BCUT2D eigenvalue weighted by Gasteiger charge is -2.11. The minimum Gasteiger partial charge on any atom is -0.267 e. The predicted octanol–water partition coefficient (Wildman–Crippen LogP) is 4.32. The van der Waals surface area contributed by atoms with Crippen LogP contribution in [0.25, 0.3) is 6.08 Å². The summed E-state index contributed by atoms with van der Waals surface area (Å²) in [6.45, 7) is 1.98. The van der Waals surface area contributed by atoms with Crippen LogP contribution in [0.4, 0.5) is 15.8 Å². The van der Waals surface area contributed by atoms with Crippen molar-refractivity contribution in [3.8, 4) is 0 Å². The third-order valence-electron chi connectivity index (χ3n) is 3.93. The lowest BCUT2D eigenvalue weighted by molar-refractivity contribution is -0.384. The van der Waals surface area contributed by atoms with E-state index in [9.17, 15) is 19.3 Å². The van der Waals surface area contributed by atoms with Gasteiger partial charge in [0.1, 0.15) is 5.82 Å². The first-order valence-corrected chi connectivity index (χ1v) is 8.13. The lowest BCUT2D eigenvalue weighted by atomic mass is 10.0. The monoisotopic (exact) mass is 353 g/mol. The number of nitro benzene ring substituents is 1. The smallest absolute Gasteiger partial charge is 0.267 e. The van der Waals surface area contributed by atoms with Gasteiger partial charge in [-0.3, -0.25) is 14.9 Å². The van der Waals surface area contributed by atoms with Crippen molar-refractivity contribution in [1.82, 2.24) is 0 Å². The maximum Gasteiger partial charge on any atom is 0.280 e. The van der Waals surface area contributed by atoms with E-state index in [0.29, 0.717) is 29.0 Å². The van der Waals surface area contributed by atoms with E-state index in [-0.39, 0.29) is 17.4 Å². The van der Waals surface area contributed by atoms with E-state index in [1.807, 2.05) is 6.92 Å². The fourth-order valence-electron chi connectivity index (χ4n) is 2.64. The molecule has 0 bridgehead atoms. The van der Waals surface area contributed by atoms with E-state index in [1.54, 1.807) is 18.2 Å². The number of hydrogen-bond acceptors (Lipinski definition) is 4. The van der Waals surface area contributed by atoms with Gasteiger partial charge < -0.3 is 0 Å². The molecule has 1 aliphatic rings. The second-order valence-corrected chi connectivity index (χ2v) is 5.80. The molecule has 2 aromatic rings. The second kappa shape index (κ2) is 7.26. The average Bonchev–Trinajstić information content (AvgIpc) is 2.93. The van der Waals surface area contributed by atoms with Crippen molar-refractivity contribution in [2.24, 2.45) is 5.10 Å². The predicted molar refractivity (Wildman–Crippen MR) is 97.3 cm³/mol. The van der Waals surface area contributed by atoms with Gasteiger partial charge in [0, 0.05) is 12.1 Å². The zero-order chi connectivity index (χ0) is 18.7. The molecule has 7 heteroatoms. The molecule has 0 unspecified atom stereocenters. The Hall–Kier alpha value is -3.35. The highest BCUT2D eigenvalue weighted by Gasteiger charge is 2.30. The van der Waals surface area contributed by atoms with E-state index in [1.165, 1.54) is 41.4 Å². The molecule has 2 aromatic carbocycles. The Balaban J connectivity index is 1.95. The number of nitrogens with zero attached hydrogens (tertiary/aromatic N) is 3. The van der Waals surface area contributed by atoms with Crippen molar-refractivity contribution in [2.45, 2.75) is 19.8 Å². The first kappa shape index (κ1) is 17.5. The van der Waals surface area contributed by atoms with Crippen LogP contribution in [0.2, 0.25) is 0 Å². The number of nitro groups is 1. The molecule has 0 saturated carbocycles. The molecule has 0 aromatic heterocycles. The quantitative estimate of drug-likeness (QED) is 0.456. The number of amides is 1. The van der Waals surface area contributed by atoms with Crippen LogP contribution in [0.15, 0.2) is 59.2 Å². The highest BCUT2D eigenvalue weighted by Crippen LogP contribution is 2.28. The van der Waals surface area contributed by atoms with Gasteiger partial charge >= 0.3 is 0 Å². The molecule has 26 heavy (non-hydrogen) atoms. The summed E-state index contributed by atoms with van der Waals surface area (Å²) in [6, 6.07) is 11.5. The van der Waals surface area contributed by atoms with Gasteiger partial charge in [0.25, 0.3) is 11.6 Å². The standard InChI is InChI=1S/C19H16FN3O3/c1-2-3-18-17(12-13-4-6-14(20)7-5-13)19(24)22(21-18)15-8-10-16(11-9-15)23(25)26/h4-12H,2-3H2,1H3/b17-12+. The number of hydrazone groups is 1. The summed E-state index contributed by atoms with van der Waals surface area (Å²) >= 11 is 0. The molecular formula is C19H16FN3O3. The van der Waals surface area contributed by atoms with Crippen LogP contribution in [0.1, 0.15) is 25.3 Å². The highest BCUT2D eigenvalue weighted by atomic mass is 19.1. The van der Waals surface area contributed by atoms with Crippen molar-refractivity contribution in [3.05, 3.63) is 75.6 Å². The molecule has 3 rings (SSSR count). The first-order chi connectivity index (χ1) is 12.5. The number of halogens is 1. The van der Waals surface area contributed by atoms with Crippen LogP contribution in [-0.2, 0) is 4.79 Å². The lowest BCUT2D eigenvalue weighted by Crippen LogP contribution is -2.21. The zero-order valence-electron chi connectivity index (χ0n) is 14.1. The number of carbonyl (C=O) groups excluding carboxylic acids is 1. The normalized spacial score (nSPS) is 15.5. The Kier molecular flexibility index (Phi) is 4.88. The van der Waals surface area contributed by atoms with E-state index >= 15 is 0 Å². The summed E-state index contributed by atoms with van der Waals surface area (Å²) in [7, 11) is 0. The van der Waals surface area contributed by atoms with Gasteiger partial charge in [-0.2, -0.15) is 10.1 Å². The van der Waals surface area contributed by atoms with Gasteiger partial charge in [-0.15, -0.1) is 0 Å². The van der Waals surface area contributed by atoms with Crippen LogP contribution < -0.4 is 5.01 Å². The van der Waals surface area contributed by atoms with Crippen LogP contribution in [0.3, 0.4) is 0 Å². The van der Waals surface area contributed by atoms with Gasteiger partial charge in [0.2, 0.25) is 0 Å². The Labute approximate surface area is 149 Å². The molecule has 0 radical (unpaired) electrons. The van der Waals surface area contributed by atoms with Gasteiger partial charge in [-0.25, -0.2) is 4.39 Å². The summed E-state index contributed by atoms with van der Waals surface area (Å²) in [6.07, 6.45) is 3.10. The van der Waals surface area contributed by atoms with E-state index in [0.717, 1.165) is 6.42 Å². The van der Waals surface area contributed by atoms with Crippen molar-refractivity contribution < 1.29 is 14.1 Å². The minimum absolute atomic E-state index is 0.0553. The summed E-state index contributed by atoms with van der Waals surface area (Å²) in [5.41, 5.74) is 2.18. The number of carbonyl (C=O) groups is 1. The summed E-state index contributed by atoms with van der Waals surface area (Å²) in [5, 5.41) is 16.4. The Morgan fingerprint density at radius 2 is 1.81 bits per heavy atom. The van der Waals surface area contributed by atoms with Crippen LogP contribution in [0.5, 0.6) is 0 Å². The Morgan fingerprint density at radius 3 is 2.38 bits per heavy atom. The largest absolute Gasteiger partial charge is 0.280 e. The van der Waals surface area contributed by atoms with Crippen molar-refractivity contribution in [2.75, 3.05) is 5.01 Å². The number of benzene rings is 2. The molecule has 1 amide bonds. The van der Waals surface area contributed by atoms with Gasteiger partial charge in [0.15, 0.2) is 0 Å². The molecule has 0 aliphatic carbocycles. The third-order valence-corrected chi connectivity index (χ3v) is 3.93. The first-order valence-electron chi connectivity index (χ1n) is 8.13. The topological polar surface area (TPSA) is 75.8 Å². The molecule has 0 atom stereocenters. The SMILES string of the molecule is CCCC1=NN(c2ccc([N+](=O)[O-])cc2)C(=O)/C1=C/c1ccc(F)cc1. The maximum atomic E-state index is 13.1. The van der Waals surface area contributed by atoms with Crippen LogP contribution >= 0.6 is 0 Å². The minimum atomic E-state index is -0.499. The fraction of sp³-hybridized carbons (Fsp3) is 0.158. The number of rotatable bonds is 5. The number of anilines is 1. The molecule has 0 N–H and O–H groups in total. The van der Waals surface area contributed by atoms with E-state index in [4.69, 9.17) is 0 Å². The molecule has 132 valence electrons. The Bertz CT molecular complexity index is 903.